The summed E-state index contributed by atoms with van der Waals surface area (Å²) in [7, 11) is 0. The van der Waals surface area contributed by atoms with E-state index in [-0.39, 0.29) is 0 Å². The standard InChI is InChI=1S/C16H26ClNO/c1-5-13(6-2)11-18(7-3)16-9-8-14(12(4)19)10-15(16)17/h8-10,12-13,19H,5-7,11H2,1-4H3. The normalized spacial score (nSPS) is 12.8. The third kappa shape index (κ3) is 4.39. The second-order valence-electron chi connectivity index (χ2n) is 5.11. The maximum absolute atomic E-state index is 9.58. The zero-order valence-corrected chi connectivity index (χ0v) is 13.2. The predicted molar refractivity (Wildman–Crippen MR) is 84.0 cm³/mol. The van der Waals surface area contributed by atoms with Crippen LogP contribution in [0.4, 0.5) is 5.69 Å². The number of rotatable bonds is 7. The lowest BCUT2D eigenvalue weighted by molar-refractivity contribution is 0.199. The fourth-order valence-electron chi connectivity index (χ4n) is 2.30. The molecule has 3 heteroatoms. The van der Waals surface area contributed by atoms with Crippen molar-refractivity contribution in [1.82, 2.24) is 0 Å². The van der Waals surface area contributed by atoms with Gasteiger partial charge in [0, 0.05) is 13.1 Å². The Balaban J connectivity index is 2.92. The van der Waals surface area contributed by atoms with Crippen molar-refractivity contribution in [3.05, 3.63) is 28.8 Å². The molecule has 1 N–H and O–H groups in total. The zero-order chi connectivity index (χ0) is 14.4. The maximum Gasteiger partial charge on any atom is 0.0762 e. The fraction of sp³-hybridized carbons (Fsp3) is 0.625. The fourth-order valence-corrected chi connectivity index (χ4v) is 2.60. The Morgan fingerprint density at radius 3 is 2.26 bits per heavy atom. The van der Waals surface area contributed by atoms with Gasteiger partial charge in [-0.1, -0.05) is 44.4 Å². The van der Waals surface area contributed by atoms with Gasteiger partial charge in [0.1, 0.15) is 0 Å². The van der Waals surface area contributed by atoms with Crippen LogP contribution >= 0.6 is 11.6 Å². The molecule has 0 saturated heterocycles. The summed E-state index contributed by atoms with van der Waals surface area (Å²) in [6, 6.07) is 5.86. The molecule has 0 spiro atoms. The molecule has 0 heterocycles. The molecule has 1 aromatic rings. The number of aliphatic hydroxyl groups is 1. The van der Waals surface area contributed by atoms with Crippen LogP contribution in [0.5, 0.6) is 0 Å². The monoisotopic (exact) mass is 283 g/mol. The topological polar surface area (TPSA) is 23.5 Å². The van der Waals surface area contributed by atoms with Crippen molar-refractivity contribution in [2.24, 2.45) is 5.92 Å². The van der Waals surface area contributed by atoms with Gasteiger partial charge in [-0.05, 0) is 37.5 Å². The smallest absolute Gasteiger partial charge is 0.0762 e. The summed E-state index contributed by atoms with van der Waals surface area (Å²) in [5, 5.41) is 10.3. The highest BCUT2D eigenvalue weighted by Crippen LogP contribution is 2.30. The molecule has 2 nitrogen and oxygen atoms in total. The third-order valence-electron chi connectivity index (χ3n) is 3.81. The molecule has 0 aliphatic heterocycles. The summed E-state index contributed by atoms with van der Waals surface area (Å²) in [6.45, 7) is 10.4. The van der Waals surface area contributed by atoms with Crippen molar-refractivity contribution in [3.63, 3.8) is 0 Å². The number of anilines is 1. The van der Waals surface area contributed by atoms with Crippen LogP contribution in [0.3, 0.4) is 0 Å². The number of benzene rings is 1. The molecule has 0 aliphatic carbocycles. The first-order valence-electron chi connectivity index (χ1n) is 7.25. The highest BCUT2D eigenvalue weighted by atomic mass is 35.5. The Bertz CT molecular complexity index is 388. The van der Waals surface area contributed by atoms with Gasteiger partial charge in [-0.25, -0.2) is 0 Å². The quantitative estimate of drug-likeness (QED) is 0.787. The van der Waals surface area contributed by atoms with Crippen LogP contribution < -0.4 is 4.90 Å². The molecular weight excluding hydrogens is 258 g/mol. The number of hydrogen-bond donors (Lipinski definition) is 1. The first kappa shape index (κ1) is 16.3. The molecule has 19 heavy (non-hydrogen) atoms. The average molecular weight is 284 g/mol. The number of aliphatic hydroxyl groups excluding tert-OH is 1. The zero-order valence-electron chi connectivity index (χ0n) is 12.5. The van der Waals surface area contributed by atoms with Gasteiger partial charge in [-0.15, -0.1) is 0 Å². The van der Waals surface area contributed by atoms with Crippen LogP contribution in [0.15, 0.2) is 18.2 Å². The Hall–Kier alpha value is -0.730. The van der Waals surface area contributed by atoms with Crippen LogP contribution in [-0.2, 0) is 0 Å². The first-order chi connectivity index (χ1) is 9.03. The summed E-state index contributed by atoms with van der Waals surface area (Å²) in [4.78, 5) is 2.33. The summed E-state index contributed by atoms with van der Waals surface area (Å²) in [6.07, 6.45) is 1.91. The number of hydrogen-bond acceptors (Lipinski definition) is 2. The maximum atomic E-state index is 9.58. The molecule has 0 radical (unpaired) electrons. The van der Waals surface area contributed by atoms with Crippen LogP contribution in [0.2, 0.25) is 5.02 Å². The van der Waals surface area contributed by atoms with Crippen molar-refractivity contribution in [1.29, 1.82) is 0 Å². The van der Waals surface area contributed by atoms with Crippen LogP contribution in [-0.4, -0.2) is 18.2 Å². The van der Waals surface area contributed by atoms with Crippen molar-refractivity contribution in [2.45, 2.75) is 46.6 Å². The van der Waals surface area contributed by atoms with Gasteiger partial charge in [0.25, 0.3) is 0 Å². The number of halogens is 1. The van der Waals surface area contributed by atoms with Gasteiger partial charge < -0.3 is 10.0 Å². The van der Waals surface area contributed by atoms with Crippen molar-refractivity contribution < 1.29 is 5.11 Å². The summed E-state index contributed by atoms with van der Waals surface area (Å²) >= 11 is 6.36. The van der Waals surface area contributed by atoms with Crippen molar-refractivity contribution in [2.75, 3.05) is 18.0 Å². The Morgan fingerprint density at radius 1 is 1.21 bits per heavy atom. The molecule has 1 atom stereocenters. The Morgan fingerprint density at radius 2 is 1.84 bits per heavy atom. The van der Waals surface area contributed by atoms with Gasteiger partial charge in [0.15, 0.2) is 0 Å². The summed E-state index contributed by atoms with van der Waals surface area (Å²) in [5.74, 6) is 0.701. The van der Waals surface area contributed by atoms with E-state index >= 15 is 0 Å². The molecule has 0 bridgehead atoms. The van der Waals surface area contributed by atoms with E-state index in [2.05, 4.69) is 25.7 Å². The minimum atomic E-state index is -0.472. The molecule has 1 aromatic carbocycles. The molecular formula is C16H26ClNO. The van der Waals surface area contributed by atoms with E-state index in [4.69, 9.17) is 11.6 Å². The third-order valence-corrected chi connectivity index (χ3v) is 4.11. The van der Waals surface area contributed by atoms with Crippen LogP contribution in [0.25, 0.3) is 0 Å². The van der Waals surface area contributed by atoms with Crippen molar-refractivity contribution in [3.8, 4) is 0 Å². The lowest BCUT2D eigenvalue weighted by atomic mass is 10.0. The van der Waals surface area contributed by atoms with Gasteiger partial charge >= 0.3 is 0 Å². The van der Waals surface area contributed by atoms with Crippen molar-refractivity contribution >= 4 is 17.3 Å². The van der Waals surface area contributed by atoms with E-state index in [1.54, 1.807) is 6.92 Å². The van der Waals surface area contributed by atoms with E-state index < -0.39 is 6.10 Å². The lowest BCUT2D eigenvalue weighted by Crippen LogP contribution is -2.29. The molecule has 0 fully saturated rings. The van der Waals surface area contributed by atoms with E-state index in [1.807, 2.05) is 18.2 Å². The van der Waals surface area contributed by atoms with E-state index in [0.29, 0.717) is 5.92 Å². The summed E-state index contributed by atoms with van der Waals surface area (Å²) < 4.78 is 0. The molecule has 0 amide bonds. The minimum absolute atomic E-state index is 0.472. The highest BCUT2D eigenvalue weighted by molar-refractivity contribution is 6.33. The van der Waals surface area contributed by atoms with E-state index in [0.717, 1.165) is 29.4 Å². The molecule has 0 aromatic heterocycles. The Labute approximate surface area is 122 Å². The van der Waals surface area contributed by atoms with Crippen LogP contribution in [0.1, 0.15) is 52.2 Å². The average Bonchev–Trinajstić information content (AvgIpc) is 2.41. The molecule has 1 unspecified atom stereocenters. The molecule has 108 valence electrons. The highest BCUT2D eigenvalue weighted by Gasteiger charge is 2.14. The Kier molecular flexibility index (Phi) is 6.67. The van der Waals surface area contributed by atoms with Gasteiger partial charge in [0.05, 0.1) is 16.8 Å². The second-order valence-corrected chi connectivity index (χ2v) is 5.52. The van der Waals surface area contributed by atoms with Gasteiger partial charge in [-0.3, -0.25) is 0 Å². The minimum Gasteiger partial charge on any atom is -0.389 e. The largest absolute Gasteiger partial charge is 0.389 e. The molecule has 1 rings (SSSR count). The second kappa shape index (κ2) is 7.76. The molecule has 0 aliphatic rings. The van der Waals surface area contributed by atoms with Gasteiger partial charge in [0.2, 0.25) is 0 Å². The van der Waals surface area contributed by atoms with Gasteiger partial charge in [-0.2, -0.15) is 0 Å². The lowest BCUT2D eigenvalue weighted by Gasteiger charge is -2.28. The number of nitrogens with zero attached hydrogens (tertiary/aromatic N) is 1. The molecule has 0 saturated carbocycles. The first-order valence-corrected chi connectivity index (χ1v) is 7.63. The summed E-state index contributed by atoms with van der Waals surface area (Å²) in [5.41, 5.74) is 1.94. The van der Waals surface area contributed by atoms with E-state index in [1.165, 1.54) is 12.8 Å². The van der Waals surface area contributed by atoms with Crippen LogP contribution in [0, 0.1) is 5.92 Å². The predicted octanol–water partition coefficient (Wildman–Crippen LogP) is 4.66. The van der Waals surface area contributed by atoms with E-state index in [9.17, 15) is 5.11 Å². The SMILES string of the molecule is CCC(CC)CN(CC)c1ccc(C(C)O)cc1Cl.